The Morgan fingerprint density at radius 2 is 1.55 bits per heavy atom. The molecule has 0 radical (unpaired) electrons. The molecule has 0 aromatic heterocycles. The van der Waals surface area contributed by atoms with Crippen molar-refractivity contribution in [3.05, 3.63) is 59.2 Å². The summed E-state index contributed by atoms with van der Waals surface area (Å²) in [5, 5.41) is 19.6. The lowest BCUT2D eigenvalue weighted by Crippen LogP contribution is -2.02. The molecule has 0 bridgehead atoms. The van der Waals surface area contributed by atoms with Gasteiger partial charge in [-0.05, 0) is 23.3 Å². The van der Waals surface area contributed by atoms with Crippen molar-refractivity contribution in [1.29, 1.82) is 0 Å². The van der Waals surface area contributed by atoms with Crippen LogP contribution in [0.15, 0.2) is 42.5 Å². The number of carbonyl (C=O) groups excluding carboxylic acids is 1. The molecular weight excluding hydrogens is 256 g/mol. The molecule has 0 amide bonds. The van der Waals surface area contributed by atoms with E-state index in [9.17, 15) is 15.0 Å². The van der Waals surface area contributed by atoms with E-state index < -0.39 is 5.97 Å². The van der Waals surface area contributed by atoms with Crippen molar-refractivity contribution in [2.45, 2.75) is 0 Å². The number of rotatable bonds is 3. The Kier molecular flexibility index (Phi) is 4.05. The van der Waals surface area contributed by atoms with Crippen LogP contribution in [0.5, 0.6) is 11.5 Å². The second-order valence-corrected chi connectivity index (χ2v) is 4.17. The number of phenols is 2. The van der Waals surface area contributed by atoms with Gasteiger partial charge in [0.25, 0.3) is 0 Å². The Bertz CT molecular complexity index is 622. The molecule has 0 heterocycles. The van der Waals surface area contributed by atoms with Gasteiger partial charge in [-0.15, -0.1) is 0 Å². The zero-order valence-electron chi connectivity index (χ0n) is 10.9. The summed E-state index contributed by atoms with van der Waals surface area (Å²) < 4.78 is 4.49. The van der Waals surface area contributed by atoms with E-state index in [2.05, 4.69) is 4.74 Å². The molecule has 2 N–H and O–H groups in total. The lowest BCUT2D eigenvalue weighted by Gasteiger charge is -2.06. The fraction of sp³-hybridized carbons (Fsp3) is 0.0625. The Hall–Kier alpha value is -2.75. The first kappa shape index (κ1) is 13.7. The van der Waals surface area contributed by atoms with Gasteiger partial charge in [0.15, 0.2) is 0 Å². The normalized spacial score (nSPS) is 10.7. The molecule has 0 aliphatic carbocycles. The van der Waals surface area contributed by atoms with Gasteiger partial charge in [-0.2, -0.15) is 0 Å². The molecule has 102 valence electrons. The fourth-order valence-electron chi connectivity index (χ4n) is 1.80. The highest BCUT2D eigenvalue weighted by Crippen LogP contribution is 2.30. The van der Waals surface area contributed by atoms with Gasteiger partial charge in [0.2, 0.25) is 0 Å². The van der Waals surface area contributed by atoms with Crippen LogP contribution >= 0.6 is 0 Å². The lowest BCUT2D eigenvalue weighted by molar-refractivity contribution is 0.0594. The van der Waals surface area contributed by atoms with Gasteiger partial charge in [-0.25, -0.2) is 4.79 Å². The molecule has 2 aromatic carbocycles. The highest BCUT2D eigenvalue weighted by molar-refractivity contribution is 5.96. The number of phenolic OH excluding ortho intramolecular Hbond substituents is 2. The fourth-order valence-corrected chi connectivity index (χ4v) is 1.80. The molecule has 2 aromatic rings. The maximum atomic E-state index is 11.4. The number of carbonyl (C=O) groups is 1. The molecule has 0 aliphatic heterocycles. The monoisotopic (exact) mass is 270 g/mol. The van der Waals surface area contributed by atoms with E-state index in [4.69, 9.17) is 0 Å². The standard InChI is InChI=1S/C16H14O4/c1-20-16(19)15-13(17)9-12(10-14(15)18)8-7-11-5-3-2-4-6-11/h2-10,17-18H,1H3. The molecule has 4 heteroatoms. The summed E-state index contributed by atoms with van der Waals surface area (Å²) in [4.78, 5) is 11.4. The molecular formula is C16H14O4. The molecule has 20 heavy (non-hydrogen) atoms. The molecule has 0 saturated carbocycles. The number of esters is 1. The minimum Gasteiger partial charge on any atom is -0.507 e. The van der Waals surface area contributed by atoms with Gasteiger partial charge in [0.1, 0.15) is 17.1 Å². The lowest BCUT2D eigenvalue weighted by atomic mass is 10.1. The summed E-state index contributed by atoms with van der Waals surface area (Å²) >= 11 is 0. The zero-order valence-corrected chi connectivity index (χ0v) is 10.9. The highest BCUT2D eigenvalue weighted by Gasteiger charge is 2.17. The number of ether oxygens (including phenoxy) is 1. The van der Waals surface area contributed by atoms with E-state index in [1.165, 1.54) is 19.2 Å². The van der Waals surface area contributed by atoms with Crippen LogP contribution in [0.4, 0.5) is 0 Å². The van der Waals surface area contributed by atoms with Gasteiger partial charge in [-0.3, -0.25) is 0 Å². The van der Waals surface area contributed by atoms with Crippen molar-refractivity contribution < 1.29 is 19.7 Å². The Morgan fingerprint density at radius 3 is 2.10 bits per heavy atom. The summed E-state index contributed by atoms with van der Waals surface area (Å²) in [6, 6.07) is 12.4. The van der Waals surface area contributed by atoms with Gasteiger partial charge >= 0.3 is 5.97 Å². The van der Waals surface area contributed by atoms with Crippen molar-refractivity contribution >= 4 is 18.1 Å². The van der Waals surface area contributed by atoms with Crippen molar-refractivity contribution in [1.82, 2.24) is 0 Å². The molecule has 4 nitrogen and oxygen atoms in total. The van der Waals surface area contributed by atoms with Crippen molar-refractivity contribution in [3.8, 4) is 11.5 Å². The van der Waals surface area contributed by atoms with Crippen LogP contribution in [0.2, 0.25) is 0 Å². The Labute approximate surface area is 116 Å². The molecule has 0 aliphatic rings. The third-order valence-corrected chi connectivity index (χ3v) is 2.78. The maximum absolute atomic E-state index is 11.4. The van der Waals surface area contributed by atoms with Crippen LogP contribution in [-0.4, -0.2) is 23.3 Å². The first-order valence-electron chi connectivity index (χ1n) is 5.99. The van der Waals surface area contributed by atoms with Crippen LogP contribution in [0.3, 0.4) is 0 Å². The van der Waals surface area contributed by atoms with Crippen LogP contribution < -0.4 is 0 Å². The summed E-state index contributed by atoms with van der Waals surface area (Å²) in [6.07, 6.45) is 3.57. The number of hydrogen-bond donors (Lipinski definition) is 2. The largest absolute Gasteiger partial charge is 0.507 e. The molecule has 0 saturated heterocycles. The van der Waals surface area contributed by atoms with E-state index in [0.717, 1.165) is 5.56 Å². The summed E-state index contributed by atoms with van der Waals surface area (Å²) in [5.74, 6) is -1.41. The number of aromatic hydroxyl groups is 2. The second-order valence-electron chi connectivity index (χ2n) is 4.17. The van der Waals surface area contributed by atoms with E-state index in [-0.39, 0.29) is 17.1 Å². The molecule has 0 unspecified atom stereocenters. The maximum Gasteiger partial charge on any atom is 0.345 e. The first-order valence-corrected chi connectivity index (χ1v) is 5.99. The minimum atomic E-state index is -0.779. The van der Waals surface area contributed by atoms with Crippen LogP contribution in [-0.2, 0) is 4.74 Å². The number of benzene rings is 2. The van der Waals surface area contributed by atoms with Crippen LogP contribution in [0.1, 0.15) is 21.5 Å². The SMILES string of the molecule is COC(=O)c1c(O)cc(C=Cc2ccccc2)cc1O. The van der Waals surface area contributed by atoms with Crippen LogP contribution in [0.25, 0.3) is 12.2 Å². The molecule has 0 spiro atoms. The van der Waals surface area contributed by atoms with E-state index in [1.807, 2.05) is 36.4 Å². The Balaban J connectivity index is 2.31. The number of methoxy groups -OCH3 is 1. The van der Waals surface area contributed by atoms with Gasteiger partial charge in [0.05, 0.1) is 7.11 Å². The summed E-state index contributed by atoms with van der Waals surface area (Å²) in [7, 11) is 1.18. The van der Waals surface area contributed by atoms with Gasteiger partial charge in [-0.1, -0.05) is 42.5 Å². The van der Waals surface area contributed by atoms with Gasteiger partial charge in [0, 0.05) is 0 Å². The molecule has 0 fully saturated rings. The Morgan fingerprint density at radius 1 is 1.00 bits per heavy atom. The van der Waals surface area contributed by atoms with Crippen LogP contribution in [0, 0.1) is 0 Å². The second kappa shape index (κ2) is 5.93. The average Bonchev–Trinajstić information content (AvgIpc) is 2.45. The smallest absolute Gasteiger partial charge is 0.345 e. The average molecular weight is 270 g/mol. The van der Waals surface area contributed by atoms with Crippen molar-refractivity contribution in [2.24, 2.45) is 0 Å². The first-order chi connectivity index (χ1) is 9.61. The highest BCUT2D eigenvalue weighted by atomic mass is 16.5. The predicted octanol–water partition coefficient (Wildman–Crippen LogP) is 3.05. The number of hydrogen-bond acceptors (Lipinski definition) is 4. The summed E-state index contributed by atoms with van der Waals surface area (Å²) in [6.45, 7) is 0. The topological polar surface area (TPSA) is 66.8 Å². The minimum absolute atomic E-state index is 0.232. The van der Waals surface area contributed by atoms with E-state index in [0.29, 0.717) is 5.56 Å². The molecule has 2 rings (SSSR count). The van der Waals surface area contributed by atoms with E-state index >= 15 is 0 Å². The molecule has 0 atom stereocenters. The summed E-state index contributed by atoms with van der Waals surface area (Å²) in [5.41, 5.74) is 1.34. The quantitative estimate of drug-likeness (QED) is 0.664. The third kappa shape index (κ3) is 2.98. The zero-order chi connectivity index (χ0) is 14.5. The van der Waals surface area contributed by atoms with Crippen molar-refractivity contribution in [3.63, 3.8) is 0 Å². The van der Waals surface area contributed by atoms with E-state index in [1.54, 1.807) is 6.08 Å². The predicted molar refractivity (Wildman–Crippen MR) is 76.5 cm³/mol. The van der Waals surface area contributed by atoms with Gasteiger partial charge < -0.3 is 14.9 Å². The third-order valence-electron chi connectivity index (χ3n) is 2.78. The van der Waals surface area contributed by atoms with Crippen molar-refractivity contribution in [2.75, 3.05) is 7.11 Å².